The van der Waals surface area contributed by atoms with Crippen molar-refractivity contribution in [2.75, 3.05) is 6.61 Å². The Kier molecular flexibility index (Phi) is 7.73. The summed E-state index contributed by atoms with van der Waals surface area (Å²) in [4.78, 5) is 10.3. The topological polar surface area (TPSA) is 38.7 Å². The molecule has 2 unspecified atom stereocenters. The van der Waals surface area contributed by atoms with Crippen LogP contribution in [0.3, 0.4) is 0 Å². The molecule has 2 atom stereocenters. The van der Waals surface area contributed by atoms with E-state index in [2.05, 4.69) is 5.09 Å². The average molecular weight is 435 g/mol. The van der Waals surface area contributed by atoms with Crippen LogP contribution < -0.4 is 0 Å². The number of nitroso groups, excluding NO2 is 1. The van der Waals surface area contributed by atoms with E-state index in [1.807, 2.05) is 0 Å². The molecule has 3 fully saturated rings. The van der Waals surface area contributed by atoms with Crippen LogP contribution >= 0.6 is 0 Å². The van der Waals surface area contributed by atoms with Gasteiger partial charge in [-0.25, -0.2) is 13.2 Å². The number of hydrogen-bond donors (Lipinski definition) is 0. The SMILES string of the molecule is O=NBCC1CCC(C2CCC(C3CCC(c4cc(F)c(F)c(F)c4)CC3)CC2)OC1. The predicted molar refractivity (Wildman–Crippen MR) is 117 cm³/mol. The van der Waals surface area contributed by atoms with Crippen LogP contribution in [0.15, 0.2) is 17.2 Å². The minimum absolute atomic E-state index is 0.134. The van der Waals surface area contributed by atoms with Gasteiger partial charge in [0.15, 0.2) is 17.5 Å². The molecule has 1 aromatic carbocycles. The maximum atomic E-state index is 13.6. The van der Waals surface area contributed by atoms with E-state index in [1.165, 1.54) is 37.8 Å². The van der Waals surface area contributed by atoms with Crippen LogP contribution in [0.25, 0.3) is 0 Å². The fraction of sp³-hybridized carbons (Fsp3) is 0.750. The zero-order valence-corrected chi connectivity index (χ0v) is 18.2. The van der Waals surface area contributed by atoms with Crippen LogP contribution in [0.4, 0.5) is 13.2 Å². The zero-order chi connectivity index (χ0) is 21.8. The molecule has 3 nitrogen and oxygen atoms in total. The number of halogens is 3. The first-order chi connectivity index (χ1) is 15.0. The summed E-state index contributed by atoms with van der Waals surface area (Å²) in [5.41, 5.74) is 0.607. The van der Waals surface area contributed by atoms with Crippen LogP contribution in [0, 0.1) is 46.0 Å². The summed E-state index contributed by atoms with van der Waals surface area (Å²) in [6, 6.07) is 2.36. The van der Waals surface area contributed by atoms with Gasteiger partial charge in [-0.2, -0.15) is 4.91 Å². The lowest BCUT2D eigenvalue weighted by atomic mass is 9.67. The van der Waals surface area contributed by atoms with E-state index >= 15 is 0 Å². The largest absolute Gasteiger partial charge is 0.378 e. The van der Waals surface area contributed by atoms with Gasteiger partial charge in [-0.3, -0.25) is 0 Å². The smallest absolute Gasteiger partial charge is 0.320 e. The van der Waals surface area contributed by atoms with Gasteiger partial charge in [-0.1, -0.05) is 0 Å². The van der Waals surface area contributed by atoms with Gasteiger partial charge < -0.3 is 4.74 Å². The Morgan fingerprint density at radius 3 is 1.97 bits per heavy atom. The van der Waals surface area contributed by atoms with Crippen molar-refractivity contribution in [2.45, 2.75) is 82.6 Å². The summed E-state index contributed by atoms with van der Waals surface area (Å²) in [6.45, 7) is 0.773. The highest BCUT2D eigenvalue weighted by atomic mass is 19.2. The van der Waals surface area contributed by atoms with Gasteiger partial charge in [0.2, 0.25) is 0 Å². The summed E-state index contributed by atoms with van der Waals surface area (Å²) in [5, 5.41) is 2.97. The van der Waals surface area contributed by atoms with Crippen molar-refractivity contribution in [3.05, 3.63) is 40.1 Å². The molecule has 0 bridgehead atoms. The van der Waals surface area contributed by atoms with Crippen LogP contribution in [0.1, 0.15) is 75.7 Å². The highest BCUT2D eigenvalue weighted by Crippen LogP contribution is 2.45. The second-order valence-electron chi connectivity index (χ2n) is 10.0. The lowest BCUT2D eigenvalue weighted by Gasteiger charge is -2.41. The molecule has 2 aliphatic carbocycles. The van der Waals surface area contributed by atoms with Crippen molar-refractivity contribution in [1.82, 2.24) is 0 Å². The Morgan fingerprint density at radius 1 is 0.839 bits per heavy atom. The van der Waals surface area contributed by atoms with Gasteiger partial charge in [-0.05, 0) is 118 Å². The van der Waals surface area contributed by atoms with Crippen molar-refractivity contribution >= 4 is 7.41 Å². The van der Waals surface area contributed by atoms with Gasteiger partial charge in [-0.15, -0.1) is 5.09 Å². The van der Waals surface area contributed by atoms with E-state index in [-0.39, 0.29) is 5.92 Å². The third-order valence-corrected chi connectivity index (χ3v) is 8.29. The molecule has 1 saturated heterocycles. The fourth-order valence-electron chi connectivity index (χ4n) is 6.38. The first-order valence-electron chi connectivity index (χ1n) is 12.1. The molecule has 0 amide bonds. The number of hydrogen-bond acceptors (Lipinski definition) is 3. The van der Waals surface area contributed by atoms with E-state index in [0.29, 0.717) is 36.8 Å². The predicted octanol–water partition coefficient (Wildman–Crippen LogP) is 6.52. The summed E-state index contributed by atoms with van der Waals surface area (Å²) in [7, 11) is 0.400. The molecule has 4 rings (SSSR count). The maximum Gasteiger partial charge on any atom is 0.320 e. The average Bonchev–Trinajstić information content (AvgIpc) is 2.81. The van der Waals surface area contributed by atoms with E-state index in [1.54, 1.807) is 0 Å². The lowest BCUT2D eigenvalue weighted by molar-refractivity contribution is -0.0567. The molecule has 1 heterocycles. The minimum Gasteiger partial charge on any atom is -0.378 e. The molecule has 1 aliphatic heterocycles. The van der Waals surface area contributed by atoms with Crippen LogP contribution in [0.2, 0.25) is 6.32 Å². The van der Waals surface area contributed by atoms with Crippen LogP contribution in [-0.2, 0) is 4.74 Å². The quantitative estimate of drug-likeness (QED) is 0.290. The molecule has 2 saturated carbocycles. The number of rotatable bonds is 6. The van der Waals surface area contributed by atoms with Gasteiger partial charge in [0.1, 0.15) is 0 Å². The molecular formula is C24H33BF3NO2. The normalized spacial score (nSPS) is 34.3. The molecule has 0 N–H and O–H groups in total. The highest BCUT2D eigenvalue weighted by molar-refractivity contribution is 6.32. The number of ether oxygens (including phenoxy) is 1. The second-order valence-corrected chi connectivity index (χ2v) is 10.0. The molecular weight excluding hydrogens is 402 g/mol. The molecule has 31 heavy (non-hydrogen) atoms. The lowest BCUT2D eigenvalue weighted by Crippen LogP contribution is -2.35. The van der Waals surface area contributed by atoms with Gasteiger partial charge in [0.25, 0.3) is 0 Å². The fourth-order valence-corrected chi connectivity index (χ4v) is 6.38. The van der Waals surface area contributed by atoms with Crippen LogP contribution in [0.5, 0.6) is 0 Å². The maximum absolute atomic E-state index is 13.6. The monoisotopic (exact) mass is 435 g/mol. The van der Waals surface area contributed by atoms with Crippen molar-refractivity contribution in [1.29, 1.82) is 0 Å². The first-order valence-corrected chi connectivity index (χ1v) is 12.1. The van der Waals surface area contributed by atoms with Crippen molar-refractivity contribution in [3.63, 3.8) is 0 Å². The van der Waals surface area contributed by atoms with E-state index in [0.717, 1.165) is 57.4 Å². The van der Waals surface area contributed by atoms with E-state index in [4.69, 9.17) is 4.74 Å². The van der Waals surface area contributed by atoms with Gasteiger partial charge in [0.05, 0.1) is 6.10 Å². The number of benzene rings is 1. The van der Waals surface area contributed by atoms with Crippen LogP contribution in [-0.4, -0.2) is 20.1 Å². The van der Waals surface area contributed by atoms with Crippen molar-refractivity contribution in [2.24, 2.45) is 28.8 Å². The second kappa shape index (κ2) is 10.5. The third kappa shape index (κ3) is 5.53. The molecule has 170 valence electrons. The summed E-state index contributed by atoms with van der Waals surface area (Å²) >= 11 is 0. The van der Waals surface area contributed by atoms with E-state index < -0.39 is 17.5 Å². The third-order valence-electron chi connectivity index (χ3n) is 8.29. The number of nitrogens with zero attached hydrogens (tertiary/aromatic N) is 1. The van der Waals surface area contributed by atoms with Gasteiger partial charge >= 0.3 is 7.41 Å². The minimum atomic E-state index is -1.37. The summed E-state index contributed by atoms with van der Waals surface area (Å²) in [5.74, 6) is -0.806. The molecule has 1 aromatic rings. The Labute approximate surface area is 183 Å². The van der Waals surface area contributed by atoms with Crippen molar-refractivity contribution < 1.29 is 17.9 Å². The molecule has 3 aliphatic rings. The standard InChI is InChI=1S/C24H33BF3NO2/c26-21-11-20(12-22(27)24(21)28)18-4-2-16(3-5-18)17-6-8-19(9-7-17)23-10-1-15(14-31-23)13-25-29-30/h11-12,15-19,23,25H,1-10,13-14H2. The molecule has 7 heteroatoms. The van der Waals surface area contributed by atoms with Gasteiger partial charge in [0, 0.05) is 6.61 Å². The molecule has 0 aromatic heterocycles. The molecule has 0 radical (unpaired) electrons. The first kappa shape index (κ1) is 22.8. The van der Waals surface area contributed by atoms with E-state index in [9.17, 15) is 18.1 Å². The Bertz CT molecular complexity index is 717. The Hall–Kier alpha value is -1.37. The Morgan fingerprint density at radius 2 is 1.42 bits per heavy atom. The summed E-state index contributed by atoms with van der Waals surface area (Å²) < 4.78 is 46.6. The Balaban J connectivity index is 1.21. The molecule has 0 spiro atoms. The zero-order valence-electron chi connectivity index (χ0n) is 18.2. The summed E-state index contributed by atoms with van der Waals surface area (Å²) in [6.07, 6.45) is 12.5. The highest BCUT2D eigenvalue weighted by Gasteiger charge is 2.35. The van der Waals surface area contributed by atoms with Crippen molar-refractivity contribution in [3.8, 4) is 0 Å².